The normalized spacial score (nSPS) is 15.0. The molecule has 0 unspecified atom stereocenters. The molecular weight excluding hydrogens is 334 g/mol. The SMILES string of the molecule is CN=C(NCc1cccc([N+](=O)[O-])c1)N1CCN(c2ncccn2)CC1. The lowest BCUT2D eigenvalue weighted by atomic mass is 10.2. The van der Waals surface area contributed by atoms with E-state index in [9.17, 15) is 10.1 Å². The van der Waals surface area contributed by atoms with E-state index >= 15 is 0 Å². The van der Waals surface area contributed by atoms with Gasteiger partial charge in [-0.15, -0.1) is 0 Å². The van der Waals surface area contributed by atoms with Gasteiger partial charge in [0, 0.05) is 64.3 Å². The van der Waals surface area contributed by atoms with Gasteiger partial charge in [-0.1, -0.05) is 12.1 Å². The Hall–Kier alpha value is -3.23. The molecule has 1 saturated heterocycles. The number of anilines is 1. The predicted molar refractivity (Wildman–Crippen MR) is 99.1 cm³/mol. The zero-order chi connectivity index (χ0) is 18.4. The van der Waals surface area contributed by atoms with Crippen LogP contribution in [0.5, 0.6) is 0 Å². The number of nitro benzene ring substituents is 1. The van der Waals surface area contributed by atoms with Crippen molar-refractivity contribution in [3.63, 3.8) is 0 Å². The van der Waals surface area contributed by atoms with Gasteiger partial charge in [-0.05, 0) is 11.6 Å². The molecule has 2 aromatic rings. The Kier molecular flexibility index (Phi) is 5.57. The number of benzene rings is 1. The van der Waals surface area contributed by atoms with E-state index in [1.54, 1.807) is 37.6 Å². The summed E-state index contributed by atoms with van der Waals surface area (Å²) in [5, 5.41) is 14.2. The highest BCUT2D eigenvalue weighted by molar-refractivity contribution is 5.80. The molecule has 1 fully saturated rings. The standard InChI is InChI=1S/C17H21N7O2/c1-18-16(21-13-14-4-2-5-15(12-14)24(25)26)22-8-10-23(11-9-22)17-19-6-3-7-20-17/h2-7,12H,8-11,13H2,1H3,(H,18,21). The number of guanidine groups is 1. The van der Waals surface area contributed by atoms with E-state index in [-0.39, 0.29) is 10.6 Å². The number of piperazine rings is 1. The number of nitrogens with one attached hydrogen (secondary N) is 1. The molecule has 0 radical (unpaired) electrons. The summed E-state index contributed by atoms with van der Waals surface area (Å²) in [6.07, 6.45) is 3.49. The smallest absolute Gasteiger partial charge is 0.269 e. The van der Waals surface area contributed by atoms with Crippen LogP contribution in [0.15, 0.2) is 47.7 Å². The second kappa shape index (κ2) is 8.24. The number of nitro groups is 1. The Morgan fingerprint density at radius 2 is 1.96 bits per heavy atom. The van der Waals surface area contributed by atoms with Gasteiger partial charge < -0.3 is 15.1 Å². The minimum Gasteiger partial charge on any atom is -0.352 e. The van der Waals surface area contributed by atoms with E-state index in [0.29, 0.717) is 6.54 Å². The van der Waals surface area contributed by atoms with Gasteiger partial charge in [0.15, 0.2) is 5.96 Å². The first-order chi connectivity index (χ1) is 12.7. The van der Waals surface area contributed by atoms with Gasteiger partial charge in [-0.25, -0.2) is 9.97 Å². The van der Waals surface area contributed by atoms with E-state index in [1.807, 2.05) is 6.07 Å². The van der Waals surface area contributed by atoms with Crippen LogP contribution in [-0.2, 0) is 6.54 Å². The van der Waals surface area contributed by atoms with Crippen LogP contribution < -0.4 is 10.2 Å². The lowest BCUT2D eigenvalue weighted by molar-refractivity contribution is -0.384. The van der Waals surface area contributed by atoms with Crippen LogP contribution in [0.4, 0.5) is 11.6 Å². The van der Waals surface area contributed by atoms with Crippen molar-refractivity contribution in [1.29, 1.82) is 0 Å². The van der Waals surface area contributed by atoms with Crippen molar-refractivity contribution in [2.24, 2.45) is 4.99 Å². The molecule has 1 aliphatic heterocycles. The van der Waals surface area contributed by atoms with Crippen LogP contribution in [0.3, 0.4) is 0 Å². The summed E-state index contributed by atoms with van der Waals surface area (Å²) in [5.41, 5.74) is 0.937. The lowest BCUT2D eigenvalue weighted by Gasteiger charge is -2.36. The number of hydrogen-bond acceptors (Lipinski definition) is 6. The molecule has 0 amide bonds. The van der Waals surface area contributed by atoms with Crippen molar-refractivity contribution in [2.45, 2.75) is 6.54 Å². The number of rotatable bonds is 4. The zero-order valence-electron chi connectivity index (χ0n) is 14.6. The molecule has 0 bridgehead atoms. The summed E-state index contributed by atoms with van der Waals surface area (Å²) in [4.78, 5) is 27.7. The number of non-ortho nitro benzene ring substituents is 1. The van der Waals surface area contributed by atoms with Crippen LogP contribution in [0, 0.1) is 10.1 Å². The van der Waals surface area contributed by atoms with Crippen molar-refractivity contribution in [3.05, 3.63) is 58.4 Å². The first-order valence-corrected chi connectivity index (χ1v) is 8.38. The van der Waals surface area contributed by atoms with Crippen molar-refractivity contribution in [3.8, 4) is 0 Å². The predicted octanol–water partition coefficient (Wildman–Crippen LogP) is 1.28. The van der Waals surface area contributed by atoms with Crippen molar-refractivity contribution >= 4 is 17.6 Å². The van der Waals surface area contributed by atoms with Crippen molar-refractivity contribution in [2.75, 3.05) is 38.1 Å². The molecule has 9 heteroatoms. The van der Waals surface area contributed by atoms with Crippen LogP contribution in [0.1, 0.15) is 5.56 Å². The fourth-order valence-electron chi connectivity index (χ4n) is 2.87. The Labute approximate surface area is 151 Å². The van der Waals surface area contributed by atoms with E-state index in [4.69, 9.17) is 0 Å². The van der Waals surface area contributed by atoms with Gasteiger partial charge in [-0.2, -0.15) is 0 Å². The maximum atomic E-state index is 10.9. The van der Waals surface area contributed by atoms with Crippen molar-refractivity contribution in [1.82, 2.24) is 20.2 Å². The highest BCUT2D eigenvalue weighted by Crippen LogP contribution is 2.13. The summed E-state index contributed by atoms with van der Waals surface area (Å²) in [6.45, 7) is 3.69. The number of hydrogen-bond donors (Lipinski definition) is 1. The largest absolute Gasteiger partial charge is 0.352 e. The topological polar surface area (TPSA) is 99.8 Å². The van der Waals surface area contributed by atoms with Crippen LogP contribution >= 0.6 is 0 Å². The maximum Gasteiger partial charge on any atom is 0.269 e. The van der Waals surface area contributed by atoms with Gasteiger partial charge >= 0.3 is 0 Å². The van der Waals surface area contributed by atoms with E-state index in [2.05, 4.69) is 30.1 Å². The van der Waals surface area contributed by atoms with E-state index in [0.717, 1.165) is 43.7 Å². The number of aliphatic imine (C=N–C) groups is 1. The first kappa shape index (κ1) is 17.6. The second-order valence-corrected chi connectivity index (χ2v) is 5.85. The molecule has 0 atom stereocenters. The quantitative estimate of drug-likeness (QED) is 0.382. The average molecular weight is 355 g/mol. The minimum atomic E-state index is -0.386. The van der Waals surface area contributed by atoms with Gasteiger partial charge in [0.1, 0.15) is 0 Å². The fourth-order valence-corrected chi connectivity index (χ4v) is 2.87. The van der Waals surface area contributed by atoms with Gasteiger partial charge in [0.05, 0.1) is 4.92 Å². The Balaban J connectivity index is 1.55. The zero-order valence-corrected chi connectivity index (χ0v) is 14.6. The van der Waals surface area contributed by atoms with E-state index in [1.165, 1.54) is 6.07 Å². The molecule has 1 aromatic carbocycles. The third kappa shape index (κ3) is 4.24. The summed E-state index contributed by atoms with van der Waals surface area (Å²) in [5.74, 6) is 1.52. The molecule has 0 saturated carbocycles. The summed E-state index contributed by atoms with van der Waals surface area (Å²) in [7, 11) is 1.74. The second-order valence-electron chi connectivity index (χ2n) is 5.85. The third-order valence-electron chi connectivity index (χ3n) is 4.20. The van der Waals surface area contributed by atoms with Gasteiger partial charge in [-0.3, -0.25) is 15.1 Å². The molecule has 136 valence electrons. The number of nitrogens with zero attached hydrogens (tertiary/aromatic N) is 6. The molecule has 3 rings (SSSR count). The number of aromatic nitrogens is 2. The van der Waals surface area contributed by atoms with Gasteiger partial charge in [0.2, 0.25) is 5.95 Å². The molecular formula is C17H21N7O2. The molecule has 1 aliphatic rings. The van der Waals surface area contributed by atoms with Gasteiger partial charge in [0.25, 0.3) is 5.69 Å². The van der Waals surface area contributed by atoms with Crippen LogP contribution in [0.2, 0.25) is 0 Å². The molecule has 2 heterocycles. The average Bonchev–Trinajstić information content (AvgIpc) is 2.70. The summed E-state index contributed by atoms with van der Waals surface area (Å²) >= 11 is 0. The minimum absolute atomic E-state index is 0.0933. The monoisotopic (exact) mass is 355 g/mol. The summed E-state index contributed by atoms with van der Waals surface area (Å²) in [6, 6.07) is 8.42. The first-order valence-electron chi connectivity index (χ1n) is 8.38. The van der Waals surface area contributed by atoms with Crippen molar-refractivity contribution < 1.29 is 4.92 Å². The molecule has 0 spiro atoms. The van der Waals surface area contributed by atoms with Crippen LogP contribution in [0.25, 0.3) is 0 Å². The Morgan fingerprint density at radius 1 is 1.23 bits per heavy atom. The third-order valence-corrected chi connectivity index (χ3v) is 4.20. The Bertz CT molecular complexity index is 774. The highest BCUT2D eigenvalue weighted by Gasteiger charge is 2.21. The maximum absolute atomic E-state index is 10.9. The molecule has 0 aliphatic carbocycles. The van der Waals surface area contributed by atoms with Crippen LogP contribution in [-0.4, -0.2) is 59.0 Å². The van der Waals surface area contributed by atoms with E-state index < -0.39 is 0 Å². The molecule has 26 heavy (non-hydrogen) atoms. The highest BCUT2D eigenvalue weighted by atomic mass is 16.6. The summed E-state index contributed by atoms with van der Waals surface area (Å²) < 4.78 is 0. The molecule has 1 N–H and O–H groups in total. The molecule has 1 aromatic heterocycles. The Morgan fingerprint density at radius 3 is 2.62 bits per heavy atom. The lowest BCUT2D eigenvalue weighted by Crippen LogP contribution is -2.52. The fraction of sp³-hybridized carbons (Fsp3) is 0.353. The molecule has 9 nitrogen and oxygen atoms in total.